The van der Waals surface area contributed by atoms with Gasteiger partial charge in [0.2, 0.25) is 0 Å². The van der Waals surface area contributed by atoms with Crippen molar-refractivity contribution in [3.8, 4) is 12.1 Å². The van der Waals surface area contributed by atoms with Gasteiger partial charge in [-0.25, -0.2) is 9.80 Å². The van der Waals surface area contributed by atoms with Gasteiger partial charge in [-0.1, -0.05) is 61.4 Å². The molecule has 0 saturated carbocycles. The van der Waals surface area contributed by atoms with Crippen LogP contribution in [0.3, 0.4) is 0 Å². The Morgan fingerprint density at radius 2 is 0.929 bits per heavy atom. The molecule has 4 aromatic carbocycles. The highest BCUT2D eigenvalue weighted by atomic mass is 16.2. The van der Waals surface area contributed by atoms with Crippen molar-refractivity contribution >= 4 is 45.8 Å². The van der Waals surface area contributed by atoms with Crippen LogP contribution in [0.5, 0.6) is 0 Å². The molecule has 0 aliphatic carbocycles. The molecule has 0 spiro atoms. The largest absolute Gasteiger partial charge is 0.268 e. The molecule has 4 aromatic rings. The molecule has 8 nitrogen and oxygen atoms in total. The molecule has 2 aliphatic heterocycles. The van der Waals surface area contributed by atoms with E-state index in [0.717, 1.165) is 72.3 Å². The van der Waals surface area contributed by atoms with Crippen LogP contribution >= 0.6 is 0 Å². The molecule has 0 saturated heterocycles. The summed E-state index contributed by atoms with van der Waals surface area (Å²) in [5, 5.41) is 20.8. The number of allylic oxidation sites excluding steroid dienone is 4. The van der Waals surface area contributed by atoms with Crippen molar-refractivity contribution < 1.29 is 19.2 Å². The maximum Gasteiger partial charge on any atom is 0.267 e. The third-order valence-corrected chi connectivity index (χ3v) is 11.0. The van der Waals surface area contributed by atoms with Gasteiger partial charge in [-0.05, 0) is 138 Å². The Hall–Kier alpha value is -6.12. The number of rotatable bonds is 14. The summed E-state index contributed by atoms with van der Waals surface area (Å²) in [7, 11) is 0. The number of aryl methyl sites for hydroxylation is 2. The molecule has 4 amide bonds. The van der Waals surface area contributed by atoms with Crippen LogP contribution in [-0.4, -0.2) is 23.6 Å². The highest BCUT2D eigenvalue weighted by Crippen LogP contribution is 2.43. The number of imide groups is 2. The first kappa shape index (κ1) is 39.6. The Bertz CT molecular complexity index is 2210. The van der Waals surface area contributed by atoms with E-state index < -0.39 is 23.6 Å². The van der Waals surface area contributed by atoms with E-state index in [9.17, 15) is 29.7 Å². The first-order valence-electron chi connectivity index (χ1n) is 19.5. The van der Waals surface area contributed by atoms with E-state index in [1.165, 1.54) is 23.3 Å². The number of anilines is 2. The third-order valence-electron chi connectivity index (χ3n) is 11.0. The summed E-state index contributed by atoms with van der Waals surface area (Å²) in [4.78, 5) is 59.1. The molecule has 2 aliphatic rings. The second kappa shape index (κ2) is 16.7. The summed E-state index contributed by atoms with van der Waals surface area (Å²) < 4.78 is 0. The van der Waals surface area contributed by atoms with Crippen molar-refractivity contribution in [2.24, 2.45) is 11.8 Å². The molecular weight excluding hydrogens is 697 g/mol. The molecule has 0 N–H and O–H groups in total. The molecular formula is C48H48N4O4. The van der Waals surface area contributed by atoms with E-state index in [1.54, 1.807) is 24.3 Å². The second-order valence-electron chi connectivity index (χ2n) is 15.9. The summed E-state index contributed by atoms with van der Waals surface area (Å²) in [6.07, 6.45) is 12.5. The molecule has 2 heterocycles. The molecule has 0 fully saturated rings. The third kappa shape index (κ3) is 7.84. The van der Waals surface area contributed by atoms with Crippen LogP contribution < -0.4 is 9.80 Å². The smallest absolute Gasteiger partial charge is 0.267 e. The fraction of sp³-hybridized carbons (Fsp3) is 0.333. The summed E-state index contributed by atoms with van der Waals surface area (Å²) in [6, 6.07) is 21.2. The fourth-order valence-corrected chi connectivity index (χ4v) is 7.76. The standard InChI is InChI=1S/C48H48N4O4/c1-29(2)9-7-11-31(5)13-15-33-17-21-37(22-18-33)51-45(53)39-25-36(28-50)42-44-40(26-35(27-49)41(43(39)44)47(51)55)46(54)52(48(42)56)38-23-19-34(20-24-38)16-14-32(6)12-8-10-30(3)4/h9-10,17-26,31-32H,7-8,11-16H2,1-6H3. The Labute approximate surface area is 329 Å². The average molecular weight is 745 g/mol. The molecule has 0 aromatic heterocycles. The molecule has 6 rings (SSSR count). The molecule has 56 heavy (non-hydrogen) atoms. The first-order valence-corrected chi connectivity index (χ1v) is 19.5. The normalized spacial score (nSPS) is 14.4. The minimum Gasteiger partial charge on any atom is -0.268 e. The summed E-state index contributed by atoms with van der Waals surface area (Å²) >= 11 is 0. The Morgan fingerprint density at radius 1 is 0.571 bits per heavy atom. The van der Waals surface area contributed by atoms with E-state index in [4.69, 9.17) is 0 Å². The van der Waals surface area contributed by atoms with Crippen LogP contribution in [0.25, 0.3) is 10.8 Å². The average Bonchev–Trinajstić information content (AvgIpc) is 3.17. The van der Waals surface area contributed by atoms with Crippen molar-refractivity contribution in [2.75, 3.05) is 9.80 Å². The molecule has 0 radical (unpaired) electrons. The van der Waals surface area contributed by atoms with Crippen LogP contribution in [-0.2, 0) is 12.8 Å². The lowest BCUT2D eigenvalue weighted by atomic mass is 9.81. The van der Waals surface area contributed by atoms with E-state index in [-0.39, 0.29) is 44.2 Å². The van der Waals surface area contributed by atoms with E-state index in [0.29, 0.717) is 23.2 Å². The van der Waals surface area contributed by atoms with Gasteiger partial charge in [0.15, 0.2) is 0 Å². The Balaban J connectivity index is 1.29. The van der Waals surface area contributed by atoms with Gasteiger partial charge in [0.25, 0.3) is 23.6 Å². The summed E-state index contributed by atoms with van der Waals surface area (Å²) in [5.41, 5.74) is 5.04. The van der Waals surface area contributed by atoms with Crippen molar-refractivity contribution in [3.05, 3.63) is 128 Å². The van der Waals surface area contributed by atoms with Gasteiger partial charge < -0.3 is 0 Å². The topological polar surface area (TPSA) is 122 Å². The zero-order valence-electron chi connectivity index (χ0n) is 33.2. The molecule has 2 unspecified atom stereocenters. The van der Waals surface area contributed by atoms with Crippen LogP contribution in [0.1, 0.15) is 144 Å². The van der Waals surface area contributed by atoms with Crippen molar-refractivity contribution in [1.82, 2.24) is 0 Å². The maximum atomic E-state index is 14.3. The number of hydrogen-bond acceptors (Lipinski definition) is 6. The number of amides is 4. The fourth-order valence-electron chi connectivity index (χ4n) is 7.76. The summed E-state index contributed by atoms with van der Waals surface area (Å²) in [6.45, 7) is 12.9. The zero-order valence-corrected chi connectivity index (χ0v) is 33.2. The van der Waals surface area contributed by atoms with Crippen LogP contribution in [0.15, 0.2) is 84.0 Å². The quantitative estimate of drug-likeness (QED) is 0.0935. The highest BCUT2D eigenvalue weighted by Gasteiger charge is 2.43. The Morgan fingerprint density at radius 3 is 1.25 bits per heavy atom. The number of hydrogen-bond donors (Lipinski definition) is 0. The van der Waals surface area contributed by atoms with E-state index in [2.05, 4.69) is 65.8 Å². The predicted octanol–water partition coefficient (Wildman–Crippen LogP) is 10.8. The monoisotopic (exact) mass is 744 g/mol. The number of nitrogens with zero attached hydrogens (tertiary/aromatic N) is 4. The van der Waals surface area contributed by atoms with Crippen LogP contribution in [0, 0.1) is 34.5 Å². The lowest BCUT2D eigenvalue weighted by Gasteiger charge is -2.33. The minimum absolute atomic E-state index is 0.0176. The van der Waals surface area contributed by atoms with Gasteiger partial charge >= 0.3 is 0 Å². The molecule has 8 heteroatoms. The minimum atomic E-state index is -0.730. The SMILES string of the molecule is CC(C)=CCCC(C)CCc1ccc(N2C(=O)c3cc(C#N)c4c5c(cc(C#N)c(c35)C2=O)C(=O)N(c2ccc(CCC(C)CCC=C(C)C)cc2)C4=O)cc1. The van der Waals surface area contributed by atoms with Crippen molar-refractivity contribution in [1.29, 1.82) is 10.5 Å². The first-order chi connectivity index (χ1) is 26.8. The molecule has 0 bridgehead atoms. The number of nitriles is 2. The van der Waals surface area contributed by atoms with Crippen molar-refractivity contribution in [2.45, 2.75) is 92.9 Å². The Kier molecular flexibility index (Phi) is 11.8. The lowest BCUT2D eigenvalue weighted by molar-refractivity contribution is 0.0872. The predicted molar refractivity (Wildman–Crippen MR) is 221 cm³/mol. The molecule has 2 atom stereocenters. The van der Waals surface area contributed by atoms with Crippen LogP contribution in [0.4, 0.5) is 11.4 Å². The van der Waals surface area contributed by atoms with E-state index >= 15 is 0 Å². The number of carbonyl (C=O) groups is 4. The second-order valence-corrected chi connectivity index (χ2v) is 15.9. The highest BCUT2D eigenvalue weighted by molar-refractivity contribution is 6.43. The number of benzene rings is 4. The van der Waals surface area contributed by atoms with Gasteiger partial charge in [0.05, 0.1) is 44.8 Å². The zero-order chi connectivity index (χ0) is 40.3. The van der Waals surface area contributed by atoms with E-state index in [1.807, 2.05) is 24.3 Å². The lowest BCUT2D eigenvalue weighted by Crippen LogP contribution is -2.44. The van der Waals surface area contributed by atoms with Gasteiger partial charge in [0, 0.05) is 10.8 Å². The van der Waals surface area contributed by atoms with Gasteiger partial charge in [-0.2, -0.15) is 10.5 Å². The van der Waals surface area contributed by atoms with Gasteiger partial charge in [-0.15, -0.1) is 0 Å². The number of carbonyl (C=O) groups excluding carboxylic acids is 4. The maximum absolute atomic E-state index is 14.3. The molecule has 284 valence electrons. The van der Waals surface area contributed by atoms with Gasteiger partial charge in [0.1, 0.15) is 12.1 Å². The summed E-state index contributed by atoms with van der Waals surface area (Å²) in [5.74, 6) is -1.79. The van der Waals surface area contributed by atoms with Crippen molar-refractivity contribution in [3.63, 3.8) is 0 Å². The van der Waals surface area contributed by atoms with Gasteiger partial charge in [-0.3, -0.25) is 19.2 Å². The van der Waals surface area contributed by atoms with Crippen LogP contribution in [0.2, 0.25) is 0 Å².